The SMILES string of the molecule is O=C(Nc1ccc(-c2cnccn2)cc1)[C@H]1CCCN1Cc1cccc2c1OCO2. The molecule has 2 aliphatic heterocycles. The zero-order valence-electron chi connectivity index (χ0n) is 16.5. The second-order valence-corrected chi connectivity index (χ2v) is 7.44. The third-order valence-corrected chi connectivity index (χ3v) is 5.53. The summed E-state index contributed by atoms with van der Waals surface area (Å²) in [7, 11) is 0. The Morgan fingerprint density at radius 3 is 2.87 bits per heavy atom. The van der Waals surface area contributed by atoms with Crippen molar-refractivity contribution < 1.29 is 14.3 Å². The van der Waals surface area contributed by atoms with Gasteiger partial charge >= 0.3 is 0 Å². The number of rotatable bonds is 5. The van der Waals surface area contributed by atoms with Gasteiger partial charge in [-0.25, -0.2) is 0 Å². The van der Waals surface area contributed by atoms with Crippen LogP contribution in [0.2, 0.25) is 0 Å². The van der Waals surface area contributed by atoms with Crippen LogP contribution in [0.15, 0.2) is 61.1 Å². The van der Waals surface area contributed by atoms with E-state index in [-0.39, 0.29) is 18.7 Å². The van der Waals surface area contributed by atoms with Gasteiger partial charge in [-0.15, -0.1) is 0 Å². The lowest BCUT2D eigenvalue weighted by Gasteiger charge is -2.24. The molecule has 3 aromatic rings. The maximum absolute atomic E-state index is 13.0. The standard InChI is InChI=1S/C23H22N4O3/c28-23(26-18-8-6-16(7-9-18)19-13-24-10-11-25-19)20-4-2-12-27(20)14-17-3-1-5-21-22(17)30-15-29-21/h1,3,5-11,13,20H,2,4,12,14-15H2,(H,26,28)/t20-/m1/s1. The quantitative estimate of drug-likeness (QED) is 0.704. The second kappa shape index (κ2) is 8.12. The monoisotopic (exact) mass is 402 g/mol. The van der Waals surface area contributed by atoms with Crippen molar-refractivity contribution in [3.8, 4) is 22.8 Å². The summed E-state index contributed by atoms with van der Waals surface area (Å²) in [5.41, 5.74) is 3.59. The summed E-state index contributed by atoms with van der Waals surface area (Å²) in [6.07, 6.45) is 6.87. The van der Waals surface area contributed by atoms with Gasteiger partial charge in [0.1, 0.15) is 0 Å². The van der Waals surface area contributed by atoms with Crippen LogP contribution < -0.4 is 14.8 Å². The highest BCUT2D eigenvalue weighted by Gasteiger charge is 2.32. The van der Waals surface area contributed by atoms with Crippen LogP contribution in [0.4, 0.5) is 5.69 Å². The van der Waals surface area contributed by atoms with Crippen molar-refractivity contribution in [2.24, 2.45) is 0 Å². The van der Waals surface area contributed by atoms with Crippen molar-refractivity contribution >= 4 is 11.6 Å². The number of benzene rings is 2. The summed E-state index contributed by atoms with van der Waals surface area (Å²) >= 11 is 0. The number of hydrogen-bond acceptors (Lipinski definition) is 6. The maximum atomic E-state index is 13.0. The minimum atomic E-state index is -0.164. The minimum Gasteiger partial charge on any atom is -0.454 e. The van der Waals surface area contributed by atoms with Crippen molar-refractivity contribution in [3.05, 3.63) is 66.6 Å². The van der Waals surface area contributed by atoms with E-state index in [2.05, 4.69) is 20.2 Å². The topological polar surface area (TPSA) is 76.6 Å². The lowest BCUT2D eigenvalue weighted by atomic mass is 10.1. The van der Waals surface area contributed by atoms with Gasteiger partial charge < -0.3 is 14.8 Å². The molecule has 1 saturated heterocycles. The molecule has 1 aromatic heterocycles. The number of nitrogens with one attached hydrogen (secondary N) is 1. The molecule has 3 heterocycles. The first-order valence-electron chi connectivity index (χ1n) is 10.1. The number of nitrogens with zero attached hydrogens (tertiary/aromatic N) is 3. The Kier molecular flexibility index (Phi) is 5.03. The Bertz CT molecular complexity index is 1040. The Balaban J connectivity index is 1.26. The van der Waals surface area contributed by atoms with Crippen LogP contribution in [0.1, 0.15) is 18.4 Å². The number of carbonyl (C=O) groups is 1. The average molecular weight is 402 g/mol. The molecule has 1 N–H and O–H groups in total. The molecule has 0 unspecified atom stereocenters. The fourth-order valence-corrected chi connectivity index (χ4v) is 4.04. The summed E-state index contributed by atoms with van der Waals surface area (Å²) in [6, 6.07) is 13.4. The van der Waals surface area contributed by atoms with Crippen LogP contribution in [0.25, 0.3) is 11.3 Å². The highest BCUT2D eigenvalue weighted by atomic mass is 16.7. The van der Waals surface area contributed by atoms with Crippen LogP contribution in [-0.2, 0) is 11.3 Å². The lowest BCUT2D eigenvalue weighted by molar-refractivity contribution is -0.120. The predicted molar refractivity (Wildman–Crippen MR) is 112 cm³/mol. The molecule has 0 saturated carbocycles. The lowest BCUT2D eigenvalue weighted by Crippen LogP contribution is -2.39. The van der Waals surface area contributed by atoms with Gasteiger partial charge in [-0.3, -0.25) is 19.7 Å². The van der Waals surface area contributed by atoms with E-state index in [1.807, 2.05) is 42.5 Å². The van der Waals surface area contributed by atoms with Crippen molar-refractivity contribution in [1.82, 2.24) is 14.9 Å². The van der Waals surface area contributed by atoms with Gasteiger partial charge in [0.05, 0.1) is 17.9 Å². The van der Waals surface area contributed by atoms with E-state index in [9.17, 15) is 4.79 Å². The van der Waals surface area contributed by atoms with Gasteiger partial charge in [-0.2, -0.15) is 0 Å². The first-order valence-corrected chi connectivity index (χ1v) is 10.1. The summed E-state index contributed by atoms with van der Waals surface area (Å²) in [5.74, 6) is 1.59. The highest BCUT2D eigenvalue weighted by Crippen LogP contribution is 2.37. The van der Waals surface area contributed by atoms with Crippen LogP contribution in [0.5, 0.6) is 11.5 Å². The zero-order valence-corrected chi connectivity index (χ0v) is 16.5. The van der Waals surface area contributed by atoms with Crippen LogP contribution in [0.3, 0.4) is 0 Å². The molecular formula is C23H22N4O3. The van der Waals surface area contributed by atoms with Crippen LogP contribution >= 0.6 is 0 Å². The van der Waals surface area contributed by atoms with Crippen molar-refractivity contribution in [1.29, 1.82) is 0 Å². The van der Waals surface area contributed by atoms with E-state index in [4.69, 9.17) is 9.47 Å². The fraction of sp³-hybridized carbons (Fsp3) is 0.261. The van der Waals surface area contributed by atoms with Crippen molar-refractivity contribution in [2.45, 2.75) is 25.4 Å². The first kappa shape index (κ1) is 18.6. The normalized spacial score (nSPS) is 17.8. The molecule has 30 heavy (non-hydrogen) atoms. The molecule has 0 radical (unpaired) electrons. The number of para-hydroxylation sites is 1. The van der Waals surface area contributed by atoms with Crippen LogP contribution in [-0.4, -0.2) is 40.2 Å². The van der Waals surface area contributed by atoms with Gasteiger partial charge in [-0.05, 0) is 37.6 Å². The van der Waals surface area contributed by atoms with Gasteiger partial charge in [-0.1, -0.05) is 24.3 Å². The molecule has 0 aliphatic carbocycles. The molecule has 1 fully saturated rings. The van der Waals surface area contributed by atoms with E-state index < -0.39 is 0 Å². The number of ether oxygens (including phenoxy) is 2. The molecule has 2 aliphatic rings. The fourth-order valence-electron chi connectivity index (χ4n) is 4.04. The summed E-state index contributed by atoms with van der Waals surface area (Å²) in [5, 5.41) is 3.06. The number of fused-ring (bicyclic) bond motifs is 1. The number of amides is 1. The van der Waals surface area contributed by atoms with E-state index in [1.165, 1.54) is 0 Å². The van der Waals surface area contributed by atoms with Crippen molar-refractivity contribution in [3.63, 3.8) is 0 Å². The first-order chi connectivity index (χ1) is 14.8. The van der Waals surface area contributed by atoms with E-state index >= 15 is 0 Å². The maximum Gasteiger partial charge on any atom is 0.241 e. The molecule has 7 nitrogen and oxygen atoms in total. The van der Waals surface area contributed by atoms with Crippen molar-refractivity contribution in [2.75, 3.05) is 18.7 Å². The van der Waals surface area contributed by atoms with Gasteiger partial charge in [0.25, 0.3) is 0 Å². The number of hydrogen-bond donors (Lipinski definition) is 1. The van der Waals surface area contributed by atoms with Crippen LogP contribution in [0, 0.1) is 0 Å². The molecule has 1 amide bonds. The van der Waals surface area contributed by atoms with E-state index in [0.717, 1.165) is 53.4 Å². The molecule has 152 valence electrons. The third-order valence-electron chi connectivity index (χ3n) is 5.53. The molecule has 2 aromatic carbocycles. The largest absolute Gasteiger partial charge is 0.454 e. The Labute approximate surface area is 174 Å². The van der Waals surface area contributed by atoms with Gasteiger partial charge in [0.15, 0.2) is 11.5 Å². The molecule has 1 atom stereocenters. The molecule has 7 heteroatoms. The Morgan fingerprint density at radius 1 is 1.13 bits per heavy atom. The number of likely N-dealkylation sites (tertiary alicyclic amines) is 1. The third kappa shape index (κ3) is 3.71. The van der Waals surface area contributed by atoms with Gasteiger partial charge in [0, 0.05) is 35.8 Å². The summed E-state index contributed by atoms with van der Waals surface area (Å²) in [4.78, 5) is 23.6. The highest BCUT2D eigenvalue weighted by molar-refractivity contribution is 5.95. The Morgan fingerprint density at radius 2 is 2.03 bits per heavy atom. The molecular weight excluding hydrogens is 380 g/mol. The molecule has 0 spiro atoms. The predicted octanol–water partition coefficient (Wildman–Crippen LogP) is 3.48. The van der Waals surface area contributed by atoms with E-state index in [0.29, 0.717) is 6.54 Å². The summed E-state index contributed by atoms with van der Waals surface area (Å²) in [6.45, 7) is 1.80. The smallest absolute Gasteiger partial charge is 0.241 e. The number of aromatic nitrogens is 2. The van der Waals surface area contributed by atoms with Gasteiger partial charge in [0.2, 0.25) is 12.7 Å². The second-order valence-electron chi connectivity index (χ2n) is 7.44. The molecule has 5 rings (SSSR count). The summed E-state index contributed by atoms with van der Waals surface area (Å²) < 4.78 is 11.1. The Hall–Kier alpha value is -3.45. The average Bonchev–Trinajstić information content (AvgIpc) is 3.45. The number of carbonyl (C=O) groups excluding carboxylic acids is 1. The zero-order chi connectivity index (χ0) is 20.3. The minimum absolute atomic E-state index is 0.0181. The molecule has 0 bridgehead atoms. The number of anilines is 1. The van der Waals surface area contributed by atoms with E-state index in [1.54, 1.807) is 18.6 Å².